The number of methoxy groups -OCH3 is 1. The van der Waals surface area contributed by atoms with Gasteiger partial charge in [0.1, 0.15) is 11.1 Å². The Kier molecular flexibility index (Phi) is 7.11. The molecular formula is C20H25F2N5O2S. The number of aromatic nitrogens is 1. The summed E-state index contributed by atoms with van der Waals surface area (Å²) >= 11 is 0.980. The number of benzene rings is 1. The topological polar surface area (TPSA) is 83.7 Å². The highest BCUT2D eigenvalue weighted by molar-refractivity contribution is 7.97. The molecule has 0 saturated carbocycles. The number of nitrogens with zero attached hydrogens (tertiary/aromatic N) is 3. The second kappa shape index (κ2) is 9.59. The molecule has 10 heteroatoms. The predicted molar refractivity (Wildman–Crippen MR) is 114 cm³/mol. The number of hydrogen-bond donors (Lipinski definition) is 2. The van der Waals surface area contributed by atoms with Gasteiger partial charge < -0.3 is 15.0 Å². The summed E-state index contributed by atoms with van der Waals surface area (Å²) < 4.78 is 33.2. The van der Waals surface area contributed by atoms with E-state index in [0.29, 0.717) is 36.0 Å². The fourth-order valence-corrected chi connectivity index (χ4v) is 3.82. The van der Waals surface area contributed by atoms with Crippen LogP contribution in [0.3, 0.4) is 0 Å². The molecule has 0 aliphatic carbocycles. The minimum atomic E-state index is -1.07. The van der Waals surface area contributed by atoms with E-state index < -0.39 is 17.7 Å². The van der Waals surface area contributed by atoms with Crippen LogP contribution in [0.5, 0.6) is 5.75 Å². The first-order valence-electron chi connectivity index (χ1n) is 9.52. The van der Waals surface area contributed by atoms with Crippen LogP contribution < -0.4 is 20.1 Å². The van der Waals surface area contributed by atoms with Crippen LogP contribution in [0, 0.1) is 11.6 Å². The van der Waals surface area contributed by atoms with E-state index in [1.165, 1.54) is 13.2 Å². The van der Waals surface area contributed by atoms with Crippen LogP contribution in [0.4, 0.5) is 20.2 Å². The first-order chi connectivity index (χ1) is 14.3. The maximum atomic E-state index is 14.3. The lowest BCUT2D eigenvalue weighted by molar-refractivity contribution is -0.118. The molecule has 2 heterocycles. The molecule has 30 heavy (non-hydrogen) atoms. The molecule has 3 N–H and O–H groups in total. The molecule has 1 atom stereocenters. The van der Waals surface area contributed by atoms with E-state index in [0.717, 1.165) is 18.0 Å². The Hall–Kier alpha value is -2.43. The smallest absolute Gasteiger partial charge is 0.248 e. The van der Waals surface area contributed by atoms with Gasteiger partial charge in [0.15, 0.2) is 11.6 Å². The lowest BCUT2D eigenvalue weighted by Gasteiger charge is -2.43. The molecule has 1 aromatic carbocycles. The van der Waals surface area contributed by atoms with Gasteiger partial charge in [-0.1, -0.05) is 0 Å². The third-order valence-corrected chi connectivity index (χ3v) is 5.58. The molecule has 162 valence electrons. The molecule has 1 fully saturated rings. The van der Waals surface area contributed by atoms with Crippen molar-refractivity contribution in [2.24, 2.45) is 5.14 Å². The van der Waals surface area contributed by atoms with Crippen LogP contribution in [-0.2, 0) is 4.79 Å². The molecule has 1 aromatic heterocycles. The Morgan fingerprint density at radius 1 is 1.33 bits per heavy atom. The normalized spacial score (nSPS) is 17.3. The minimum absolute atomic E-state index is 0.212. The molecule has 2 aromatic rings. The van der Waals surface area contributed by atoms with Crippen LogP contribution in [0.2, 0.25) is 0 Å². The number of nitrogens with two attached hydrogens (primary N) is 1. The Morgan fingerprint density at radius 2 is 2.10 bits per heavy atom. The van der Waals surface area contributed by atoms with Crippen LogP contribution in [0.25, 0.3) is 0 Å². The maximum Gasteiger partial charge on any atom is 0.248 e. The van der Waals surface area contributed by atoms with Gasteiger partial charge in [-0.15, -0.1) is 0 Å². The third kappa shape index (κ3) is 4.66. The van der Waals surface area contributed by atoms with Crippen LogP contribution in [0.15, 0.2) is 35.5 Å². The van der Waals surface area contributed by atoms with E-state index in [9.17, 15) is 13.6 Å². The average Bonchev–Trinajstić information content (AvgIpc) is 2.75. The molecule has 1 saturated heterocycles. The SMILES string of the molecule is COc1c(N2CCN(C(C)C)CC2C(=O)Nc2ccnc(SN)c2)ccc(F)c1F. The molecule has 1 unspecified atom stereocenters. The number of nitrogens with one attached hydrogen (secondary N) is 1. The first kappa shape index (κ1) is 22.3. The summed E-state index contributed by atoms with van der Waals surface area (Å²) in [5.74, 6) is -2.55. The number of anilines is 2. The number of halogens is 2. The largest absolute Gasteiger partial charge is 0.491 e. The number of hydrogen-bond acceptors (Lipinski definition) is 7. The van der Waals surface area contributed by atoms with Gasteiger partial charge in [0.05, 0.1) is 12.8 Å². The zero-order valence-electron chi connectivity index (χ0n) is 17.1. The second-order valence-corrected chi connectivity index (χ2v) is 7.86. The highest BCUT2D eigenvalue weighted by Gasteiger charge is 2.35. The van der Waals surface area contributed by atoms with Gasteiger partial charge in [0.2, 0.25) is 11.7 Å². The Morgan fingerprint density at radius 3 is 2.77 bits per heavy atom. The van der Waals surface area contributed by atoms with Crippen molar-refractivity contribution in [1.82, 2.24) is 9.88 Å². The molecule has 7 nitrogen and oxygen atoms in total. The number of carbonyl (C=O) groups excluding carboxylic acids is 1. The quantitative estimate of drug-likeness (QED) is 0.673. The van der Waals surface area contributed by atoms with Gasteiger partial charge in [-0.2, -0.15) is 4.39 Å². The zero-order chi connectivity index (χ0) is 21.8. The van der Waals surface area contributed by atoms with Gasteiger partial charge >= 0.3 is 0 Å². The molecule has 0 radical (unpaired) electrons. The third-order valence-electron chi connectivity index (χ3n) is 5.11. The number of carbonyl (C=O) groups is 1. The average molecular weight is 438 g/mol. The van der Waals surface area contributed by atoms with Gasteiger partial charge in [0.25, 0.3) is 0 Å². The van der Waals surface area contributed by atoms with Crippen molar-refractivity contribution in [2.45, 2.75) is 31.0 Å². The molecule has 1 amide bonds. The van der Waals surface area contributed by atoms with Crippen molar-refractivity contribution < 1.29 is 18.3 Å². The van der Waals surface area contributed by atoms with Crippen LogP contribution in [0.1, 0.15) is 13.8 Å². The Bertz CT molecular complexity index is 915. The molecule has 0 spiro atoms. The minimum Gasteiger partial charge on any atom is -0.491 e. The number of ether oxygens (including phenoxy) is 1. The number of pyridine rings is 1. The van der Waals surface area contributed by atoms with Crippen molar-refractivity contribution in [3.05, 3.63) is 42.1 Å². The van der Waals surface area contributed by atoms with E-state index in [1.807, 2.05) is 0 Å². The fraction of sp³-hybridized carbons (Fsp3) is 0.400. The van der Waals surface area contributed by atoms with Crippen LogP contribution in [-0.4, -0.2) is 54.6 Å². The fourth-order valence-electron chi connectivity index (χ4n) is 3.51. The molecular weight excluding hydrogens is 412 g/mol. The summed E-state index contributed by atoms with van der Waals surface area (Å²) in [7, 11) is 1.28. The lowest BCUT2D eigenvalue weighted by Crippen LogP contribution is -2.59. The number of rotatable bonds is 6. The summed E-state index contributed by atoms with van der Waals surface area (Å²) in [5, 5.41) is 9.00. The van der Waals surface area contributed by atoms with Crippen molar-refractivity contribution >= 4 is 29.2 Å². The monoisotopic (exact) mass is 437 g/mol. The number of piperazine rings is 1. The van der Waals surface area contributed by atoms with Gasteiger partial charge in [-0.25, -0.2) is 9.37 Å². The summed E-state index contributed by atoms with van der Waals surface area (Å²) in [5.41, 5.74) is 0.898. The van der Waals surface area contributed by atoms with Crippen molar-refractivity contribution in [3.63, 3.8) is 0 Å². The Balaban J connectivity index is 1.93. The van der Waals surface area contributed by atoms with E-state index in [-0.39, 0.29) is 17.7 Å². The second-order valence-electron chi connectivity index (χ2n) is 7.20. The number of amides is 1. The Labute approximate surface area is 178 Å². The van der Waals surface area contributed by atoms with E-state index in [2.05, 4.69) is 29.0 Å². The zero-order valence-corrected chi connectivity index (χ0v) is 17.9. The summed E-state index contributed by atoms with van der Waals surface area (Å²) in [6.45, 7) is 5.66. The highest BCUT2D eigenvalue weighted by atomic mass is 32.2. The van der Waals surface area contributed by atoms with Gasteiger partial charge in [-0.05, 0) is 50.1 Å². The van der Waals surface area contributed by atoms with Crippen molar-refractivity contribution in [3.8, 4) is 5.75 Å². The molecule has 0 bridgehead atoms. The first-order valence-corrected chi connectivity index (χ1v) is 10.4. The predicted octanol–water partition coefficient (Wildman–Crippen LogP) is 2.87. The van der Waals surface area contributed by atoms with Crippen LogP contribution >= 0.6 is 11.9 Å². The lowest BCUT2D eigenvalue weighted by atomic mass is 10.1. The highest BCUT2D eigenvalue weighted by Crippen LogP contribution is 2.35. The summed E-state index contributed by atoms with van der Waals surface area (Å²) in [6, 6.07) is 5.43. The van der Waals surface area contributed by atoms with Crippen molar-refractivity contribution in [1.29, 1.82) is 0 Å². The van der Waals surface area contributed by atoms with E-state index in [1.54, 1.807) is 23.2 Å². The van der Waals surface area contributed by atoms with E-state index >= 15 is 0 Å². The van der Waals surface area contributed by atoms with Crippen molar-refractivity contribution in [2.75, 3.05) is 37.0 Å². The standard InChI is InChI=1S/C20H25F2N5O2S/c1-12(2)26-8-9-27(15-5-4-14(21)18(22)19(15)29-3)16(11-26)20(28)25-13-6-7-24-17(10-13)30-23/h4-7,10,12,16H,8-9,11,23H2,1-3H3,(H,24,25,28). The molecule has 1 aliphatic heterocycles. The molecule has 1 aliphatic rings. The molecule has 3 rings (SSSR count). The van der Waals surface area contributed by atoms with Gasteiger partial charge in [-0.3, -0.25) is 14.8 Å². The maximum absolute atomic E-state index is 14.3. The van der Waals surface area contributed by atoms with E-state index in [4.69, 9.17) is 9.88 Å². The summed E-state index contributed by atoms with van der Waals surface area (Å²) in [6.07, 6.45) is 1.56. The summed E-state index contributed by atoms with van der Waals surface area (Å²) in [4.78, 5) is 21.2. The van der Waals surface area contributed by atoms with Gasteiger partial charge in [0, 0.05) is 37.6 Å².